The summed E-state index contributed by atoms with van der Waals surface area (Å²) >= 11 is 3.24. The van der Waals surface area contributed by atoms with E-state index in [-0.39, 0.29) is 5.78 Å². The third-order valence-electron chi connectivity index (χ3n) is 3.46. The maximum atomic E-state index is 12.3. The summed E-state index contributed by atoms with van der Waals surface area (Å²) in [5.74, 6) is 1.66. The number of carbonyl (C=O) groups excluding carboxylic acids is 1. The van der Waals surface area contributed by atoms with Gasteiger partial charge in [-0.1, -0.05) is 30.0 Å². The van der Waals surface area contributed by atoms with E-state index in [0.717, 1.165) is 26.2 Å². The van der Waals surface area contributed by atoms with Gasteiger partial charge >= 0.3 is 0 Å². The molecule has 0 unspecified atom stereocenters. The molecule has 0 fully saturated rings. The molecule has 0 saturated heterocycles. The Morgan fingerprint density at radius 1 is 0.957 bits per heavy atom. The van der Waals surface area contributed by atoms with Gasteiger partial charge in [-0.25, -0.2) is 0 Å². The van der Waals surface area contributed by atoms with Gasteiger partial charge in [-0.3, -0.25) is 4.79 Å². The highest BCUT2D eigenvalue weighted by Gasteiger charge is 2.18. The Kier molecular flexibility index (Phi) is 3.77. The second-order valence-electron chi connectivity index (χ2n) is 5.03. The Bertz CT molecular complexity index is 895. The Morgan fingerprint density at radius 2 is 1.83 bits per heavy atom. The molecule has 0 aliphatic carbocycles. The van der Waals surface area contributed by atoms with Crippen LogP contribution in [-0.2, 0) is 0 Å². The van der Waals surface area contributed by atoms with Crippen LogP contribution in [-0.4, -0.2) is 5.78 Å². The van der Waals surface area contributed by atoms with E-state index in [4.69, 9.17) is 4.74 Å². The fourth-order valence-corrected chi connectivity index (χ4v) is 3.93. The topological polar surface area (TPSA) is 26.3 Å². The number of hydrogen-bond acceptors (Lipinski definition) is 4. The standard InChI is InChI=1S/C19H12O2S2/c20-15(9-8-14-4-3-11-22-14)13-7-10-17-19(12-13)23-18-6-2-1-5-16(18)21-17/h1-12H/b9-8+. The van der Waals surface area contributed by atoms with Gasteiger partial charge in [0.1, 0.15) is 11.5 Å². The van der Waals surface area contributed by atoms with Gasteiger partial charge in [0.05, 0.1) is 9.79 Å². The number of para-hydroxylation sites is 1. The molecule has 0 amide bonds. The van der Waals surface area contributed by atoms with Crippen LogP contribution in [0.15, 0.2) is 75.8 Å². The lowest BCUT2D eigenvalue weighted by Crippen LogP contribution is -1.99. The molecular formula is C19H12O2S2. The molecule has 23 heavy (non-hydrogen) atoms. The Labute approximate surface area is 142 Å². The van der Waals surface area contributed by atoms with Crippen molar-refractivity contribution in [1.29, 1.82) is 0 Å². The molecule has 1 aliphatic rings. The predicted octanol–water partition coefficient (Wildman–Crippen LogP) is 5.90. The van der Waals surface area contributed by atoms with E-state index >= 15 is 0 Å². The maximum Gasteiger partial charge on any atom is 0.185 e. The second-order valence-corrected chi connectivity index (χ2v) is 7.09. The van der Waals surface area contributed by atoms with E-state index in [1.165, 1.54) is 0 Å². The van der Waals surface area contributed by atoms with E-state index < -0.39 is 0 Å². The number of rotatable bonds is 3. The van der Waals surface area contributed by atoms with Gasteiger partial charge in [-0.15, -0.1) is 11.3 Å². The van der Waals surface area contributed by atoms with Crippen molar-refractivity contribution in [3.63, 3.8) is 0 Å². The van der Waals surface area contributed by atoms with Crippen LogP contribution < -0.4 is 4.74 Å². The number of hydrogen-bond donors (Lipinski definition) is 0. The minimum absolute atomic E-state index is 0.000610. The van der Waals surface area contributed by atoms with Gasteiger partial charge in [0, 0.05) is 10.4 Å². The monoisotopic (exact) mass is 336 g/mol. The summed E-state index contributed by atoms with van der Waals surface area (Å²) in [7, 11) is 0. The average Bonchev–Trinajstić information content (AvgIpc) is 3.11. The first-order valence-electron chi connectivity index (χ1n) is 7.14. The maximum absolute atomic E-state index is 12.3. The fourth-order valence-electron chi connectivity index (χ4n) is 2.32. The summed E-state index contributed by atoms with van der Waals surface area (Å²) < 4.78 is 5.88. The van der Waals surface area contributed by atoms with E-state index in [2.05, 4.69) is 0 Å². The minimum Gasteiger partial charge on any atom is -0.455 e. The summed E-state index contributed by atoms with van der Waals surface area (Å²) in [4.78, 5) is 15.5. The SMILES string of the molecule is O=C(/C=C/c1cccs1)c1ccc2c(c1)Sc1ccccc1O2. The van der Waals surface area contributed by atoms with Crippen molar-refractivity contribution in [3.05, 3.63) is 76.5 Å². The third-order valence-corrected chi connectivity index (χ3v) is 5.39. The average molecular weight is 336 g/mol. The van der Waals surface area contributed by atoms with Crippen molar-refractivity contribution < 1.29 is 9.53 Å². The number of allylic oxidation sites excluding steroid dienone is 1. The first kappa shape index (κ1) is 14.3. The zero-order chi connectivity index (χ0) is 15.6. The summed E-state index contributed by atoms with van der Waals surface area (Å²) in [5.41, 5.74) is 0.673. The molecule has 4 heteroatoms. The van der Waals surface area contributed by atoms with Crippen LogP contribution in [0.4, 0.5) is 0 Å². The lowest BCUT2D eigenvalue weighted by Gasteiger charge is -2.19. The minimum atomic E-state index is 0.000610. The van der Waals surface area contributed by atoms with Crippen molar-refractivity contribution in [2.24, 2.45) is 0 Å². The molecular weight excluding hydrogens is 324 g/mol. The van der Waals surface area contributed by atoms with Crippen molar-refractivity contribution in [1.82, 2.24) is 0 Å². The van der Waals surface area contributed by atoms with Crippen LogP contribution in [0, 0.1) is 0 Å². The van der Waals surface area contributed by atoms with Gasteiger partial charge < -0.3 is 4.74 Å². The van der Waals surface area contributed by atoms with Crippen LogP contribution in [0.25, 0.3) is 6.08 Å². The van der Waals surface area contributed by atoms with Crippen LogP contribution in [0.5, 0.6) is 11.5 Å². The Balaban J connectivity index is 1.60. The van der Waals surface area contributed by atoms with Gasteiger partial charge in [-0.2, -0.15) is 0 Å². The number of thiophene rings is 1. The molecule has 0 atom stereocenters. The number of carbonyl (C=O) groups is 1. The number of benzene rings is 2. The van der Waals surface area contributed by atoms with Crippen LogP contribution in [0.2, 0.25) is 0 Å². The van der Waals surface area contributed by atoms with Gasteiger partial charge in [0.25, 0.3) is 0 Å². The van der Waals surface area contributed by atoms with Crippen molar-refractivity contribution in [2.75, 3.05) is 0 Å². The van der Waals surface area contributed by atoms with Gasteiger partial charge in [0.15, 0.2) is 5.78 Å². The van der Waals surface area contributed by atoms with Crippen LogP contribution in [0.3, 0.4) is 0 Å². The quantitative estimate of drug-likeness (QED) is 0.344. The molecule has 2 heterocycles. The highest BCUT2D eigenvalue weighted by atomic mass is 32.2. The molecule has 0 N–H and O–H groups in total. The lowest BCUT2D eigenvalue weighted by molar-refractivity contribution is 0.104. The van der Waals surface area contributed by atoms with Crippen LogP contribution in [0.1, 0.15) is 15.2 Å². The van der Waals surface area contributed by atoms with E-state index in [9.17, 15) is 4.79 Å². The zero-order valence-corrected chi connectivity index (χ0v) is 13.7. The molecule has 0 saturated carbocycles. The highest BCUT2D eigenvalue weighted by Crippen LogP contribution is 2.46. The Hall–Kier alpha value is -2.30. The summed E-state index contributed by atoms with van der Waals surface area (Å²) in [6.45, 7) is 0. The number of ether oxygens (including phenoxy) is 1. The van der Waals surface area contributed by atoms with Crippen molar-refractivity contribution in [2.45, 2.75) is 9.79 Å². The molecule has 0 bridgehead atoms. The van der Waals surface area contributed by atoms with E-state index in [1.54, 1.807) is 29.2 Å². The van der Waals surface area contributed by atoms with Crippen molar-refractivity contribution >= 4 is 35.0 Å². The first-order valence-corrected chi connectivity index (χ1v) is 8.84. The zero-order valence-electron chi connectivity index (χ0n) is 12.1. The van der Waals surface area contributed by atoms with Gasteiger partial charge in [0.2, 0.25) is 0 Å². The summed E-state index contributed by atoms with van der Waals surface area (Å²) in [5, 5.41) is 1.99. The molecule has 4 rings (SSSR count). The Morgan fingerprint density at radius 3 is 2.70 bits per heavy atom. The molecule has 1 aromatic heterocycles. The third kappa shape index (κ3) is 2.96. The van der Waals surface area contributed by atoms with Crippen LogP contribution >= 0.6 is 23.1 Å². The molecule has 3 aromatic rings. The van der Waals surface area contributed by atoms with Gasteiger partial charge in [-0.05, 0) is 53.9 Å². The molecule has 0 spiro atoms. The fraction of sp³-hybridized carbons (Fsp3) is 0. The number of ketones is 1. The highest BCUT2D eigenvalue weighted by molar-refractivity contribution is 7.99. The lowest BCUT2D eigenvalue weighted by atomic mass is 10.1. The largest absolute Gasteiger partial charge is 0.455 e. The molecule has 112 valence electrons. The van der Waals surface area contributed by atoms with E-state index in [1.807, 2.05) is 66.1 Å². The summed E-state index contributed by atoms with van der Waals surface area (Å²) in [6.07, 6.45) is 3.47. The molecule has 0 radical (unpaired) electrons. The predicted molar refractivity (Wildman–Crippen MR) is 94.8 cm³/mol. The molecule has 2 nitrogen and oxygen atoms in total. The smallest absolute Gasteiger partial charge is 0.185 e. The number of fused-ring (bicyclic) bond motifs is 2. The summed E-state index contributed by atoms with van der Waals surface area (Å²) in [6, 6.07) is 17.5. The normalized spacial score (nSPS) is 12.5. The second kappa shape index (κ2) is 6.07. The van der Waals surface area contributed by atoms with Crippen molar-refractivity contribution in [3.8, 4) is 11.5 Å². The van der Waals surface area contributed by atoms with E-state index in [0.29, 0.717) is 5.56 Å². The molecule has 1 aliphatic heterocycles. The first-order chi connectivity index (χ1) is 11.3. The molecule has 2 aromatic carbocycles.